The van der Waals surface area contributed by atoms with Gasteiger partial charge in [0.05, 0.1) is 18.2 Å². The molecular weight excluding hydrogens is 194 g/mol. The Kier molecular flexibility index (Phi) is 2.82. The van der Waals surface area contributed by atoms with Gasteiger partial charge in [0.15, 0.2) is 0 Å². The monoisotopic (exact) mass is 205 g/mol. The van der Waals surface area contributed by atoms with E-state index in [4.69, 9.17) is 4.42 Å². The van der Waals surface area contributed by atoms with Crippen molar-refractivity contribution in [3.05, 3.63) is 42.4 Å². The van der Waals surface area contributed by atoms with E-state index in [9.17, 15) is 4.79 Å². The van der Waals surface area contributed by atoms with E-state index < -0.39 is 0 Å². The van der Waals surface area contributed by atoms with Crippen molar-refractivity contribution in [1.82, 2.24) is 15.3 Å². The van der Waals surface area contributed by atoms with Gasteiger partial charge in [-0.25, -0.2) is 4.98 Å². The van der Waals surface area contributed by atoms with E-state index in [1.807, 2.05) is 0 Å². The molecule has 0 aliphatic heterocycles. The van der Waals surface area contributed by atoms with Crippen molar-refractivity contribution in [3.8, 4) is 0 Å². The highest BCUT2D eigenvalue weighted by Crippen LogP contribution is 1.99. The fraction of sp³-hybridized carbons (Fsp3) is 0.200. The maximum absolute atomic E-state index is 11.4. The topological polar surface area (TPSA) is 70.9 Å². The average Bonchev–Trinajstić information content (AvgIpc) is 2.90. The van der Waals surface area contributed by atoms with Crippen molar-refractivity contribution >= 4 is 5.91 Å². The first kappa shape index (κ1) is 9.51. The van der Waals surface area contributed by atoms with Crippen molar-refractivity contribution in [2.75, 3.05) is 6.54 Å². The van der Waals surface area contributed by atoms with E-state index in [2.05, 4.69) is 15.3 Å². The molecule has 0 saturated carbocycles. The molecule has 0 aliphatic rings. The van der Waals surface area contributed by atoms with Crippen LogP contribution in [0.25, 0.3) is 0 Å². The minimum Gasteiger partial charge on any atom is -0.472 e. The number of carbonyl (C=O) groups is 1. The molecule has 5 heteroatoms. The quantitative estimate of drug-likeness (QED) is 0.781. The summed E-state index contributed by atoms with van der Waals surface area (Å²) in [4.78, 5) is 18.3. The van der Waals surface area contributed by atoms with Gasteiger partial charge in [-0.15, -0.1) is 0 Å². The first-order valence-electron chi connectivity index (χ1n) is 4.64. The molecule has 15 heavy (non-hydrogen) atoms. The van der Waals surface area contributed by atoms with Gasteiger partial charge in [-0.05, 0) is 6.07 Å². The van der Waals surface area contributed by atoms with Crippen LogP contribution in [0.3, 0.4) is 0 Å². The van der Waals surface area contributed by atoms with Crippen LogP contribution in [0.4, 0.5) is 0 Å². The Bertz CT molecular complexity index is 406. The van der Waals surface area contributed by atoms with Gasteiger partial charge in [0.1, 0.15) is 6.26 Å². The number of rotatable bonds is 4. The highest BCUT2D eigenvalue weighted by Gasteiger charge is 2.05. The van der Waals surface area contributed by atoms with Crippen LogP contribution in [-0.4, -0.2) is 22.4 Å². The molecule has 2 N–H and O–H groups in total. The van der Waals surface area contributed by atoms with Gasteiger partial charge in [0.25, 0.3) is 5.91 Å². The van der Waals surface area contributed by atoms with Crippen LogP contribution in [-0.2, 0) is 6.42 Å². The Balaban J connectivity index is 1.77. The van der Waals surface area contributed by atoms with E-state index in [0.29, 0.717) is 12.1 Å². The van der Waals surface area contributed by atoms with Crippen LogP contribution < -0.4 is 5.32 Å². The minimum atomic E-state index is -0.122. The molecule has 0 aromatic carbocycles. The number of H-pyrrole nitrogens is 1. The van der Waals surface area contributed by atoms with Crippen LogP contribution in [0.2, 0.25) is 0 Å². The Hall–Kier alpha value is -2.04. The molecule has 0 saturated heterocycles. The Morgan fingerprint density at radius 3 is 3.20 bits per heavy atom. The molecule has 0 atom stereocenters. The van der Waals surface area contributed by atoms with Crippen molar-refractivity contribution in [1.29, 1.82) is 0 Å². The summed E-state index contributed by atoms with van der Waals surface area (Å²) in [6.07, 6.45) is 7.00. The second-order valence-corrected chi connectivity index (χ2v) is 3.09. The predicted octanol–water partition coefficient (Wildman–Crippen LogP) is 0.975. The summed E-state index contributed by atoms with van der Waals surface area (Å²) in [5.74, 6) is -0.122. The van der Waals surface area contributed by atoms with E-state index in [1.54, 1.807) is 18.6 Å². The van der Waals surface area contributed by atoms with Crippen molar-refractivity contribution in [3.63, 3.8) is 0 Å². The molecule has 0 unspecified atom stereocenters. The largest absolute Gasteiger partial charge is 0.472 e. The molecular formula is C10H11N3O2. The molecule has 2 aromatic heterocycles. The third kappa shape index (κ3) is 2.46. The zero-order chi connectivity index (χ0) is 10.5. The lowest BCUT2D eigenvalue weighted by atomic mass is 10.3. The molecule has 78 valence electrons. The predicted molar refractivity (Wildman–Crippen MR) is 53.3 cm³/mol. The summed E-state index contributed by atoms with van der Waals surface area (Å²) < 4.78 is 4.81. The number of nitrogens with zero attached hydrogens (tertiary/aromatic N) is 1. The number of hydrogen-bond acceptors (Lipinski definition) is 3. The third-order valence-corrected chi connectivity index (χ3v) is 2.02. The molecule has 0 aliphatic carbocycles. The number of amides is 1. The van der Waals surface area contributed by atoms with Crippen molar-refractivity contribution in [2.45, 2.75) is 6.42 Å². The van der Waals surface area contributed by atoms with Gasteiger partial charge >= 0.3 is 0 Å². The molecule has 0 radical (unpaired) electrons. The van der Waals surface area contributed by atoms with Gasteiger partial charge in [-0.1, -0.05) is 0 Å². The maximum Gasteiger partial charge on any atom is 0.254 e. The lowest BCUT2D eigenvalue weighted by molar-refractivity contribution is 0.0953. The molecule has 2 rings (SSSR count). The minimum absolute atomic E-state index is 0.122. The Labute approximate surface area is 86.5 Å². The number of furan rings is 1. The number of aromatic amines is 1. The van der Waals surface area contributed by atoms with E-state index in [0.717, 1.165) is 12.1 Å². The van der Waals surface area contributed by atoms with Gasteiger partial charge in [-0.3, -0.25) is 4.79 Å². The molecule has 0 fully saturated rings. The SMILES string of the molecule is O=C(NCCc1cnc[nH]1)c1ccoc1. The summed E-state index contributed by atoms with van der Waals surface area (Å²) >= 11 is 0. The van der Waals surface area contributed by atoms with Crippen LogP contribution in [0.5, 0.6) is 0 Å². The van der Waals surface area contributed by atoms with Gasteiger partial charge in [0.2, 0.25) is 0 Å². The Morgan fingerprint density at radius 1 is 1.60 bits per heavy atom. The van der Waals surface area contributed by atoms with Crippen LogP contribution in [0, 0.1) is 0 Å². The van der Waals surface area contributed by atoms with Crippen LogP contribution >= 0.6 is 0 Å². The molecule has 1 amide bonds. The molecule has 2 heterocycles. The summed E-state index contributed by atoms with van der Waals surface area (Å²) in [5.41, 5.74) is 1.54. The Morgan fingerprint density at radius 2 is 2.53 bits per heavy atom. The number of imidazole rings is 1. The molecule has 2 aromatic rings. The molecule has 0 spiro atoms. The lowest BCUT2D eigenvalue weighted by Gasteiger charge is -2.01. The van der Waals surface area contributed by atoms with E-state index >= 15 is 0 Å². The van der Waals surface area contributed by atoms with Crippen LogP contribution in [0.15, 0.2) is 35.5 Å². The number of carbonyl (C=O) groups excluding carboxylic acids is 1. The summed E-state index contributed by atoms with van der Waals surface area (Å²) in [7, 11) is 0. The highest BCUT2D eigenvalue weighted by molar-refractivity contribution is 5.93. The second kappa shape index (κ2) is 4.45. The van der Waals surface area contributed by atoms with Crippen molar-refractivity contribution in [2.24, 2.45) is 0 Å². The highest BCUT2D eigenvalue weighted by atomic mass is 16.3. The first-order valence-corrected chi connectivity index (χ1v) is 4.64. The van der Waals surface area contributed by atoms with Gasteiger partial charge in [0, 0.05) is 24.9 Å². The number of aromatic nitrogens is 2. The maximum atomic E-state index is 11.4. The van der Waals surface area contributed by atoms with E-state index in [1.165, 1.54) is 12.5 Å². The van der Waals surface area contributed by atoms with E-state index in [-0.39, 0.29) is 5.91 Å². The summed E-state index contributed by atoms with van der Waals surface area (Å²) in [5, 5.41) is 2.78. The summed E-state index contributed by atoms with van der Waals surface area (Å²) in [6.45, 7) is 0.576. The zero-order valence-electron chi connectivity index (χ0n) is 8.06. The standard InChI is InChI=1S/C10H11N3O2/c14-10(8-2-4-15-6-8)12-3-1-9-5-11-7-13-9/h2,4-7H,1,3H2,(H,11,13)(H,12,14). The normalized spacial score (nSPS) is 10.1. The number of hydrogen-bond donors (Lipinski definition) is 2. The lowest BCUT2D eigenvalue weighted by Crippen LogP contribution is -2.25. The van der Waals surface area contributed by atoms with Gasteiger partial charge < -0.3 is 14.7 Å². The number of nitrogens with one attached hydrogen (secondary N) is 2. The fourth-order valence-corrected chi connectivity index (χ4v) is 1.23. The molecule has 5 nitrogen and oxygen atoms in total. The van der Waals surface area contributed by atoms with Gasteiger partial charge in [-0.2, -0.15) is 0 Å². The van der Waals surface area contributed by atoms with Crippen molar-refractivity contribution < 1.29 is 9.21 Å². The molecule has 0 bridgehead atoms. The summed E-state index contributed by atoms with van der Waals surface area (Å²) in [6, 6.07) is 1.63. The fourth-order valence-electron chi connectivity index (χ4n) is 1.23. The smallest absolute Gasteiger partial charge is 0.254 e. The second-order valence-electron chi connectivity index (χ2n) is 3.09. The third-order valence-electron chi connectivity index (χ3n) is 2.02. The average molecular weight is 205 g/mol. The van der Waals surface area contributed by atoms with Crippen LogP contribution in [0.1, 0.15) is 16.1 Å². The zero-order valence-corrected chi connectivity index (χ0v) is 8.06. The first-order chi connectivity index (χ1) is 7.36.